The second-order valence-electron chi connectivity index (χ2n) is 10.5. The third-order valence-corrected chi connectivity index (χ3v) is 12.2. The van der Waals surface area contributed by atoms with Gasteiger partial charge >= 0.3 is 0 Å². The second-order valence-corrected chi connectivity index (χ2v) is 16.9. The number of hydrogen-bond acceptors (Lipinski definition) is 8. The second kappa shape index (κ2) is 8.74. The molecule has 2 aliphatic rings. The van der Waals surface area contributed by atoms with E-state index in [9.17, 15) is 13.5 Å². The fourth-order valence-electron chi connectivity index (χ4n) is 3.43. The van der Waals surface area contributed by atoms with Crippen LogP contribution in [0.3, 0.4) is 0 Å². The molecule has 0 aliphatic carbocycles. The van der Waals surface area contributed by atoms with E-state index in [4.69, 9.17) is 22.8 Å². The van der Waals surface area contributed by atoms with Crippen molar-refractivity contribution in [2.45, 2.75) is 101 Å². The maximum absolute atomic E-state index is 13.0. The molecule has 0 unspecified atom stereocenters. The number of aliphatic hydroxyl groups excluding tert-OH is 1. The molecule has 0 bridgehead atoms. The van der Waals surface area contributed by atoms with Gasteiger partial charge in [0.05, 0.1) is 11.5 Å². The fourth-order valence-corrected chi connectivity index (χ4v) is 5.52. The van der Waals surface area contributed by atoms with Crippen LogP contribution in [0.5, 0.6) is 0 Å². The van der Waals surface area contributed by atoms with Gasteiger partial charge in [-0.3, -0.25) is 4.18 Å². The molecule has 0 aromatic heterocycles. The third-order valence-electron chi connectivity index (χ3n) is 6.39. The minimum absolute atomic E-state index is 0.0294. The van der Waals surface area contributed by atoms with E-state index < -0.39 is 54.9 Å². The summed E-state index contributed by atoms with van der Waals surface area (Å²) in [6.45, 7) is 15.7. The van der Waals surface area contributed by atoms with Crippen molar-refractivity contribution in [3.05, 3.63) is 29.8 Å². The van der Waals surface area contributed by atoms with Crippen molar-refractivity contribution in [3.8, 4) is 0 Å². The van der Waals surface area contributed by atoms with Gasteiger partial charge in [0.15, 0.2) is 20.4 Å². The van der Waals surface area contributed by atoms with Crippen LogP contribution in [0.2, 0.25) is 18.1 Å². The van der Waals surface area contributed by atoms with Gasteiger partial charge in [-0.05, 0) is 51.0 Å². The number of hydrogen-bond donors (Lipinski definition) is 1. The van der Waals surface area contributed by atoms with Crippen molar-refractivity contribution in [1.29, 1.82) is 0 Å². The molecule has 0 spiro atoms. The Hall–Kier alpha value is -0.853. The summed E-state index contributed by atoms with van der Waals surface area (Å²) in [5.74, 6) is -0.900. The van der Waals surface area contributed by atoms with E-state index in [1.165, 1.54) is 12.1 Å². The number of aliphatic hydroxyl groups is 1. The van der Waals surface area contributed by atoms with E-state index >= 15 is 0 Å². The highest BCUT2D eigenvalue weighted by atomic mass is 32.2. The zero-order valence-electron chi connectivity index (χ0n) is 20.1. The molecule has 1 aromatic carbocycles. The van der Waals surface area contributed by atoms with Crippen molar-refractivity contribution in [3.63, 3.8) is 0 Å². The monoisotopic (exact) mass is 488 g/mol. The molecule has 0 radical (unpaired) electrons. The Labute approximate surface area is 192 Å². The van der Waals surface area contributed by atoms with Gasteiger partial charge in [0, 0.05) is 0 Å². The quantitative estimate of drug-likeness (QED) is 0.461. The average molecular weight is 489 g/mol. The normalized spacial score (nSPS) is 29.2. The summed E-state index contributed by atoms with van der Waals surface area (Å²) in [6, 6.07) is 6.39. The lowest BCUT2D eigenvalue weighted by Crippen LogP contribution is -2.49. The lowest BCUT2D eigenvalue weighted by atomic mass is 10.1. The topological polar surface area (TPSA) is 101 Å². The maximum atomic E-state index is 13.0. The highest BCUT2D eigenvalue weighted by Gasteiger charge is 2.57. The predicted molar refractivity (Wildman–Crippen MR) is 121 cm³/mol. The smallest absolute Gasteiger partial charge is 0.297 e. The van der Waals surface area contributed by atoms with Crippen LogP contribution in [0.15, 0.2) is 29.2 Å². The Morgan fingerprint density at radius 3 is 2.28 bits per heavy atom. The molecule has 3 rings (SSSR count). The van der Waals surface area contributed by atoms with E-state index in [2.05, 4.69) is 33.9 Å². The van der Waals surface area contributed by atoms with Crippen LogP contribution in [0.4, 0.5) is 0 Å². The van der Waals surface area contributed by atoms with Crippen LogP contribution in [-0.4, -0.2) is 64.9 Å². The van der Waals surface area contributed by atoms with Crippen LogP contribution in [-0.2, 0) is 32.9 Å². The number of fused-ring (bicyclic) bond motifs is 1. The molecule has 1 N–H and O–H groups in total. The lowest BCUT2D eigenvalue weighted by molar-refractivity contribution is -0.225. The largest absolute Gasteiger partial charge is 0.414 e. The lowest BCUT2D eigenvalue weighted by Gasteiger charge is -2.38. The molecule has 2 fully saturated rings. The van der Waals surface area contributed by atoms with Crippen molar-refractivity contribution in [2.24, 2.45) is 0 Å². The molecule has 0 saturated carbocycles. The molecule has 2 aliphatic heterocycles. The van der Waals surface area contributed by atoms with Crippen LogP contribution in [0, 0.1) is 6.92 Å². The van der Waals surface area contributed by atoms with Crippen molar-refractivity contribution in [2.75, 3.05) is 6.61 Å². The van der Waals surface area contributed by atoms with Gasteiger partial charge < -0.3 is 23.7 Å². The predicted octanol–water partition coefficient (Wildman–Crippen LogP) is 3.33. The van der Waals surface area contributed by atoms with E-state index in [0.29, 0.717) is 0 Å². The number of ether oxygens (including phenoxy) is 3. The van der Waals surface area contributed by atoms with E-state index in [1.54, 1.807) is 26.0 Å². The highest BCUT2D eigenvalue weighted by molar-refractivity contribution is 7.86. The van der Waals surface area contributed by atoms with Gasteiger partial charge in [-0.2, -0.15) is 8.42 Å². The Morgan fingerprint density at radius 1 is 1.16 bits per heavy atom. The summed E-state index contributed by atoms with van der Waals surface area (Å²) in [7, 11) is -6.35. The molecule has 8 nitrogen and oxygen atoms in total. The summed E-state index contributed by atoms with van der Waals surface area (Å²) in [5.41, 5.74) is 0.932. The molecule has 2 saturated heterocycles. The molecule has 32 heavy (non-hydrogen) atoms. The Balaban J connectivity index is 1.84. The Morgan fingerprint density at radius 2 is 1.75 bits per heavy atom. The molecule has 1 aromatic rings. The third kappa shape index (κ3) is 5.44. The summed E-state index contributed by atoms with van der Waals surface area (Å²) in [4.78, 5) is 0.0294. The first-order chi connectivity index (χ1) is 14.5. The van der Waals surface area contributed by atoms with Crippen molar-refractivity contribution >= 4 is 18.4 Å². The van der Waals surface area contributed by atoms with Crippen LogP contribution >= 0.6 is 0 Å². The molecule has 2 heterocycles. The van der Waals surface area contributed by atoms with Crippen molar-refractivity contribution < 1.29 is 36.3 Å². The Kier molecular flexibility index (Phi) is 7.03. The van der Waals surface area contributed by atoms with E-state index in [-0.39, 0.29) is 16.5 Å². The maximum Gasteiger partial charge on any atom is 0.297 e. The van der Waals surface area contributed by atoms with Crippen LogP contribution in [0.25, 0.3) is 0 Å². The highest BCUT2D eigenvalue weighted by Crippen LogP contribution is 2.40. The number of rotatable bonds is 7. The van der Waals surface area contributed by atoms with Crippen molar-refractivity contribution in [1.82, 2.24) is 0 Å². The van der Waals surface area contributed by atoms with Gasteiger partial charge in [-0.25, -0.2) is 0 Å². The Bertz CT molecular complexity index is 907. The molecule has 5 atom stereocenters. The number of benzene rings is 1. The molecular weight excluding hydrogens is 452 g/mol. The van der Waals surface area contributed by atoms with Gasteiger partial charge in [0.2, 0.25) is 0 Å². The first-order valence-electron chi connectivity index (χ1n) is 10.9. The average Bonchev–Trinajstić information content (AvgIpc) is 3.11. The molecule has 10 heteroatoms. The van der Waals surface area contributed by atoms with E-state index in [1.807, 2.05) is 6.92 Å². The van der Waals surface area contributed by atoms with Gasteiger partial charge in [0.25, 0.3) is 10.1 Å². The van der Waals surface area contributed by atoms with Gasteiger partial charge in [0.1, 0.15) is 24.4 Å². The summed E-state index contributed by atoms with van der Waals surface area (Å²) in [5, 5.41) is 10.8. The molecular formula is C22H36O8SSi. The summed E-state index contributed by atoms with van der Waals surface area (Å²) < 4.78 is 55.3. The standard InChI is InChI=1S/C22H36O8SSi/c1-14-9-11-15(12-10-14)31(24,25)30-16(13-26-32(7,8)21(2,3)4)18-17(23)19-20(27-18)29-22(5,6)28-19/h9-12,16-20,23H,13H2,1-8H3/t16-,17+,18-,19-,20-/m1/s1. The van der Waals surface area contributed by atoms with Gasteiger partial charge in [-0.15, -0.1) is 0 Å². The number of aryl methyl sites for hydroxylation is 1. The summed E-state index contributed by atoms with van der Waals surface area (Å²) in [6.07, 6.45) is -4.76. The molecule has 182 valence electrons. The van der Waals surface area contributed by atoms with Crippen LogP contribution < -0.4 is 0 Å². The zero-order valence-corrected chi connectivity index (χ0v) is 21.9. The first-order valence-corrected chi connectivity index (χ1v) is 15.2. The minimum Gasteiger partial charge on any atom is -0.414 e. The zero-order chi connectivity index (χ0) is 24.1. The van der Waals surface area contributed by atoms with E-state index in [0.717, 1.165) is 5.56 Å². The van der Waals surface area contributed by atoms with Gasteiger partial charge in [-0.1, -0.05) is 38.5 Å². The first kappa shape index (κ1) is 25.8. The van der Waals surface area contributed by atoms with Crippen LogP contribution in [0.1, 0.15) is 40.2 Å². The summed E-state index contributed by atoms with van der Waals surface area (Å²) >= 11 is 0. The fraction of sp³-hybridized carbons (Fsp3) is 0.727. The molecule has 0 amide bonds. The minimum atomic E-state index is -4.12. The SMILES string of the molecule is Cc1ccc(S(=O)(=O)O[C@H](CO[Si](C)(C)C(C)(C)C)[C@H]2O[C@@H]3OC(C)(C)O[C@@H]3[C@H]2O)cc1.